The van der Waals surface area contributed by atoms with Gasteiger partial charge in [-0.05, 0) is 37.5 Å². The second-order valence-electron chi connectivity index (χ2n) is 8.05. The summed E-state index contributed by atoms with van der Waals surface area (Å²) in [5, 5.41) is 0. The van der Waals surface area contributed by atoms with Crippen LogP contribution in [-0.4, -0.2) is 44.7 Å². The van der Waals surface area contributed by atoms with Crippen molar-refractivity contribution in [3.8, 4) is 0 Å². The van der Waals surface area contributed by atoms with Crippen LogP contribution in [0.2, 0.25) is 0 Å². The van der Waals surface area contributed by atoms with Crippen molar-refractivity contribution >= 4 is 17.0 Å². The Morgan fingerprint density at radius 2 is 1.88 bits per heavy atom. The number of hydrogen-bond acceptors (Lipinski definition) is 7. The van der Waals surface area contributed by atoms with Gasteiger partial charge in [0, 0.05) is 32.6 Å². The summed E-state index contributed by atoms with van der Waals surface area (Å²) in [7, 11) is 2.63. The smallest absolute Gasteiger partial charge is 0.375 e. The monoisotopic (exact) mass is 464 g/mol. The number of likely N-dealkylation sites (N-methyl/N-ethyl adjacent to an activating group) is 1. The van der Waals surface area contributed by atoms with E-state index in [1.165, 1.54) is 0 Å². The maximum Gasteiger partial charge on any atom is 0.449 e. The maximum atomic E-state index is 13.4. The van der Waals surface area contributed by atoms with Crippen molar-refractivity contribution in [1.82, 2.24) is 24.5 Å². The van der Waals surface area contributed by atoms with Crippen LogP contribution >= 0.6 is 0 Å². The lowest BCUT2D eigenvalue weighted by molar-refractivity contribution is -0.147. The molecule has 3 aromatic heterocycles. The number of alkyl halides is 3. The first-order valence-electron chi connectivity index (χ1n) is 10.5. The molecule has 0 radical (unpaired) electrons. The number of nitrogens with zero attached hydrogens (tertiary/aromatic N) is 6. The Kier molecular flexibility index (Phi) is 7.01. The standard InChI is InChI=1S/C22H27F3N6O2/c1-7-31(11-15(33-6)14-8-9-26-13(4)10-14)21-28-16(12(2)3)17-18(29-21)19(32)30(5)20(27-17)22(23,24)25/h8-10,12,15H,7,11H2,1-6H3/t15-/m0/s1. The fourth-order valence-corrected chi connectivity index (χ4v) is 3.59. The highest BCUT2D eigenvalue weighted by Crippen LogP contribution is 2.30. The molecule has 0 aromatic carbocycles. The minimum absolute atomic E-state index is 0.131. The average Bonchev–Trinajstić information content (AvgIpc) is 2.75. The highest BCUT2D eigenvalue weighted by Gasteiger charge is 2.37. The fraction of sp³-hybridized carbons (Fsp3) is 0.500. The zero-order valence-electron chi connectivity index (χ0n) is 19.4. The zero-order chi connectivity index (χ0) is 24.5. The third-order valence-electron chi connectivity index (χ3n) is 5.37. The van der Waals surface area contributed by atoms with Crippen molar-refractivity contribution < 1.29 is 17.9 Å². The van der Waals surface area contributed by atoms with E-state index in [0.717, 1.165) is 18.3 Å². The maximum absolute atomic E-state index is 13.4. The molecule has 0 N–H and O–H groups in total. The lowest BCUT2D eigenvalue weighted by atomic mass is 10.1. The Labute approximate surface area is 189 Å². The molecule has 0 bridgehead atoms. The number of ether oxygens (including phenoxy) is 1. The molecule has 0 aliphatic carbocycles. The number of aromatic nitrogens is 5. The molecule has 0 fully saturated rings. The van der Waals surface area contributed by atoms with Gasteiger partial charge >= 0.3 is 6.18 Å². The first-order valence-corrected chi connectivity index (χ1v) is 10.5. The molecule has 8 nitrogen and oxygen atoms in total. The van der Waals surface area contributed by atoms with Crippen molar-refractivity contribution in [2.75, 3.05) is 25.1 Å². The minimum atomic E-state index is -4.78. The van der Waals surface area contributed by atoms with Crippen LogP contribution < -0.4 is 10.5 Å². The van der Waals surface area contributed by atoms with Crippen molar-refractivity contribution in [2.45, 2.75) is 45.9 Å². The molecule has 0 aliphatic rings. The van der Waals surface area contributed by atoms with E-state index in [-0.39, 0.29) is 34.7 Å². The summed E-state index contributed by atoms with van der Waals surface area (Å²) in [4.78, 5) is 31.5. The van der Waals surface area contributed by atoms with E-state index in [0.29, 0.717) is 17.7 Å². The van der Waals surface area contributed by atoms with Gasteiger partial charge < -0.3 is 9.64 Å². The van der Waals surface area contributed by atoms with Gasteiger partial charge in [-0.25, -0.2) is 15.0 Å². The van der Waals surface area contributed by atoms with E-state index < -0.39 is 17.6 Å². The lowest BCUT2D eigenvalue weighted by Gasteiger charge is -2.27. The molecule has 0 aliphatic heterocycles. The van der Waals surface area contributed by atoms with Gasteiger partial charge in [0.1, 0.15) is 5.52 Å². The molecule has 3 heterocycles. The first-order chi connectivity index (χ1) is 15.5. The van der Waals surface area contributed by atoms with Gasteiger partial charge in [-0.3, -0.25) is 14.3 Å². The van der Waals surface area contributed by atoms with Gasteiger partial charge in [-0.2, -0.15) is 13.2 Å². The van der Waals surface area contributed by atoms with Crippen LogP contribution in [0.4, 0.5) is 19.1 Å². The molecule has 0 amide bonds. The number of pyridine rings is 1. The average molecular weight is 464 g/mol. The predicted octanol–water partition coefficient (Wildman–Crippen LogP) is 3.78. The van der Waals surface area contributed by atoms with Crippen LogP contribution in [-0.2, 0) is 18.0 Å². The van der Waals surface area contributed by atoms with Crippen LogP contribution in [0.5, 0.6) is 0 Å². The van der Waals surface area contributed by atoms with Gasteiger partial charge in [0.2, 0.25) is 11.8 Å². The van der Waals surface area contributed by atoms with E-state index in [1.54, 1.807) is 27.2 Å². The SMILES string of the molecule is CCN(C[C@H](OC)c1ccnc(C)c1)c1nc(C(C)C)c2nc(C(F)(F)F)n(C)c(=O)c2n1. The van der Waals surface area contributed by atoms with Gasteiger partial charge in [-0.1, -0.05) is 13.8 Å². The number of halogens is 3. The van der Waals surface area contributed by atoms with Crippen LogP contribution in [0.25, 0.3) is 11.0 Å². The van der Waals surface area contributed by atoms with Gasteiger partial charge in [-0.15, -0.1) is 0 Å². The summed E-state index contributed by atoms with van der Waals surface area (Å²) in [6.07, 6.45) is -3.41. The second kappa shape index (κ2) is 9.42. The first kappa shape index (κ1) is 24.6. The Balaban J connectivity index is 2.15. The van der Waals surface area contributed by atoms with Crippen molar-refractivity contribution in [2.24, 2.45) is 7.05 Å². The molecular formula is C22H27F3N6O2. The molecular weight excluding hydrogens is 437 g/mol. The molecule has 0 unspecified atom stereocenters. The fourth-order valence-electron chi connectivity index (χ4n) is 3.59. The second-order valence-corrected chi connectivity index (χ2v) is 8.05. The molecule has 3 aromatic rings. The Hall–Kier alpha value is -3.08. The Bertz CT molecular complexity index is 1210. The van der Waals surface area contributed by atoms with Crippen LogP contribution in [0, 0.1) is 6.92 Å². The number of methoxy groups -OCH3 is 1. The third kappa shape index (κ3) is 4.97. The van der Waals surface area contributed by atoms with Crippen LogP contribution in [0.15, 0.2) is 23.1 Å². The number of fused-ring (bicyclic) bond motifs is 1. The molecule has 178 valence electrons. The summed E-state index contributed by atoms with van der Waals surface area (Å²) in [5.41, 5.74) is 0.893. The van der Waals surface area contributed by atoms with Crippen LogP contribution in [0.3, 0.4) is 0 Å². The van der Waals surface area contributed by atoms with Crippen molar-refractivity contribution in [3.63, 3.8) is 0 Å². The predicted molar refractivity (Wildman–Crippen MR) is 118 cm³/mol. The quantitative estimate of drug-likeness (QED) is 0.526. The summed E-state index contributed by atoms with van der Waals surface area (Å²) < 4.78 is 46.5. The summed E-state index contributed by atoms with van der Waals surface area (Å²) in [6.45, 7) is 8.20. The highest BCUT2D eigenvalue weighted by atomic mass is 19.4. The van der Waals surface area contributed by atoms with Crippen molar-refractivity contribution in [3.05, 3.63) is 51.5 Å². The Morgan fingerprint density at radius 3 is 2.42 bits per heavy atom. The molecule has 0 saturated carbocycles. The molecule has 1 atom stereocenters. The molecule has 3 rings (SSSR count). The highest BCUT2D eigenvalue weighted by molar-refractivity contribution is 5.77. The normalized spacial score (nSPS) is 13.0. The molecule has 0 spiro atoms. The van der Waals surface area contributed by atoms with E-state index in [9.17, 15) is 18.0 Å². The zero-order valence-corrected chi connectivity index (χ0v) is 19.4. The van der Waals surface area contributed by atoms with Gasteiger partial charge in [0.15, 0.2) is 5.52 Å². The molecule has 0 saturated heterocycles. The number of hydrogen-bond donors (Lipinski definition) is 0. The number of aryl methyl sites for hydroxylation is 1. The van der Waals surface area contributed by atoms with E-state index in [2.05, 4.69) is 19.9 Å². The van der Waals surface area contributed by atoms with E-state index in [4.69, 9.17) is 4.74 Å². The lowest BCUT2D eigenvalue weighted by Crippen LogP contribution is -2.33. The molecule has 11 heteroatoms. The third-order valence-corrected chi connectivity index (χ3v) is 5.37. The van der Waals surface area contributed by atoms with Crippen LogP contribution in [0.1, 0.15) is 55.6 Å². The van der Waals surface area contributed by atoms with Gasteiger partial charge in [0.05, 0.1) is 18.3 Å². The largest absolute Gasteiger partial charge is 0.449 e. The number of rotatable bonds is 7. The van der Waals surface area contributed by atoms with Crippen molar-refractivity contribution in [1.29, 1.82) is 0 Å². The summed E-state index contributed by atoms with van der Waals surface area (Å²) in [6, 6.07) is 3.77. The Morgan fingerprint density at radius 1 is 1.18 bits per heavy atom. The van der Waals surface area contributed by atoms with Gasteiger partial charge in [0.25, 0.3) is 5.56 Å². The topological polar surface area (TPSA) is 86.0 Å². The van der Waals surface area contributed by atoms with E-state index >= 15 is 0 Å². The molecule has 33 heavy (non-hydrogen) atoms. The summed E-state index contributed by atoms with van der Waals surface area (Å²) in [5.74, 6) is -1.33. The summed E-state index contributed by atoms with van der Waals surface area (Å²) >= 11 is 0. The minimum Gasteiger partial charge on any atom is -0.375 e. The number of anilines is 1. The van der Waals surface area contributed by atoms with E-state index in [1.807, 2.05) is 30.9 Å².